The van der Waals surface area contributed by atoms with Crippen molar-refractivity contribution in [2.24, 2.45) is 28.6 Å². The number of carbonyl (C=O) groups is 5. The van der Waals surface area contributed by atoms with Crippen LogP contribution < -0.4 is 0 Å². The maximum absolute atomic E-state index is 12.4. The number of carbonyl (C=O) groups excluding carboxylic acids is 2. The Bertz CT molecular complexity index is 1010. The molecule has 7 atom stereocenters. The van der Waals surface area contributed by atoms with Crippen LogP contribution in [0.3, 0.4) is 0 Å². The molecule has 0 heterocycles. The zero-order chi connectivity index (χ0) is 33.9. The molecular weight excluding hydrogens is 572 g/mol. The van der Waals surface area contributed by atoms with E-state index < -0.39 is 47.4 Å². The summed E-state index contributed by atoms with van der Waals surface area (Å²) in [6, 6.07) is 0. The smallest absolute Gasteiger partial charge is 0.303 e. The first-order valence-corrected chi connectivity index (χ1v) is 15.9. The third-order valence-corrected chi connectivity index (χ3v) is 10.0. The first kappa shape index (κ1) is 39.4. The van der Waals surface area contributed by atoms with E-state index in [0.717, 1.165) is 44.9 Å². The molecule has 0 aromatic heterocycles. The number of aliphatic carboxylic acids is 3. The lowest BCUT2D eigenvalue weighted by atomic mass is 9.45. The van der Waals surface area contributed by atoms with Crippen LogP contribution >= 0.6 is 0 Å². The molecule has 252 valence electrons. The number of aliphatic hydroxyl groups is 3. The SMILES string of the molecule is CCCC(=O)O.CCCC(=O)O.CCCC(=O)O.C[C@]12CCC(=O)C=C1CC[C@@H]1[C@@H]2[C@@H](O)C[C@@]2(C)[C@H]1CC[C@]2(O)C(=O)CO. The van der Waals surface area contributed by atoms with Crippen LogP contribution in [0.25, 0.3) is 0 Å². The lowest BCUT2D eigenvalue weighted by Gasteiger charge is -2.60. The normalized spacial score (nSPS) is 33.2. The van der Waals surface area contributed by atoms with Gasteiger partial charge in [0.1, 0.15) is 12.2 Å². The van der Waals surface area contributed by atoms with Crippen LogP contribution in [0.4, 0.5) is 0 Å². The van der Waals surface area contributed by atoms with Crippen LogP contribution in [0, 0.1) is 28.6 Å². The summed E-state index contributed by atoms with van der Waals surface area (Å²) in [5.41, 5.74) is -1.23. The van der Waals surface area contributed by atoms with Gasteiger partial charge in [0, 0.05) is 31.1 Å². The minimum absolute atomic E-state index is 0.0697. The number of rotatable bonds is 8. The number of carboxylic acid groups (broad SMARTS) is 3. The summed E-state index contributed by atoms with van der Waals surface area (Å²) in [7, 11) is 0. The monoisotopic (exact) mass is 626 g/mol. The molecule has 0 spiro atoms. The van der Waals surface area contributed by atoms with Gasteiger partial charge in [-0.25, -0.2) is 0 Å². The van der Waals surface area contributed by atoms with Gasteiger partial charge >= 0.3 is 17.9 Å². The van der Waals surface area contributed by atoms with Crippen LogP contribution in [-0.2, 0) is 24.0 Å². The third-order valence-electron chi connectivity index (χ3n) is 10.0. The molecular formula is C33H54O11. The number of fused-ring (bicyclic) bond motifs is 5. The molecule has 0 saturated heterocycles. The molecule has 4 rings (SSSR count). The highest BCUT2D eigenvalue weighted by Gasteiger charge is 2.68. The van der Waals surface area contributed by atoms with Crippen molar-refractivity contribution in [1.29, 1.82) is 0 Å². The van der Waals surface area contributed by atoms with Crippen LogP contribution in [0.1, 0.15) is 118 Å². The number of aliphatic hydroxyl groups excluding tert-OH is 2. The van der Waals surface area contributed by atoms with E-state index in [4.69, 9.17) is 15.3 Å². The van der Waals surface area contributed by atoms with Gasteiger partial charge in [0.15, 0.2) is 11.6 Å². The Hall–Kier alpha value is -2.63. The van der Waals surface area contributed by atoms with Gasteiger partial charge < -0.3 is 30.6 Å². The predicted octanol–water partition coefficient (Wildman–Crippen LogP) is 4.39. The number of ketones is 2. The maximum Gasteiger partial charge on any atom is 0.303 e. The second-order valence-electron chi connectivity index (χ2n) is 13.0. The molecule has 4 aliphatic carbocycles. The van der Waals surface area contributed by atoms with Gasteiger partial charge in [-0.05, 0) is 87.0 Å². The van der Waals surface area contributed by atoms with Crippen molar-refractivity contribution in [3.8, 4) is 0 Å². The molecule has 11 heteroatoms. The maximum atomic E-state index is 12.4. The van der Waals surface area contributed by atoms with Crippen molar-refractivity contribution in [1.82, 2.24) is 0 Å². The molecule has 3 saturated carbocycles. The average molecular weight is 627 g/mol. The fourth-order valence-electron chi connectivity index (χ4n) is 7.92. The van der Waals surface area contributed by atoms with Crippen LogP contribution in [0.5, 0.6) is 0 Å². The van der Waals surface area contributed by atoms with Gasteiger partial charge in [0.2, 0.25) is 0 Å². The molecule has 0 radical (unpaired) electrons. The third kappa shape index (κ3) is 9.20. The summed E-state index contributed by atoms with van der Waals surface area (Å²) in [5.74, 6) is -1.99. The summed E-state index contributed by atoms with van der Waals surface area (Å²) in [6.45, 7) is 8.98. The van der Waals surface area contributed by atoms with E-state index in [-0.39, 0.29) is 29.0 Å². The molecule has 11 nitrogen and oxygen atoms in total. The fourth-order valence-corrected chi connectivity index (χ4v) is 7.92. The number of carboxylic acids is 3. The molecule has 0 bridgehead atoms. The van der Waals surface area contributed by atoms with Gasteiger partial charge in [-0.1, -0.05) is 40.2 Å². The van der Waals surface area contributed by atoms with Gasteiger partial charge in [-0.3, -0.25) is 24.0 Å². The first-order valence-electron chi connectivity index (χ1n) is 15.9. The molecule has 0 unspecified atom stereocenters. The van der Waals surface area contributed by atoms with Crippen molar-refractivity contribution in [2.75, 3.05) is 6.61 Å². The Kier molecular flexibility index (Phi) is 15.4. The highest BCUT2D eigenvalue weighted by molar-refractivity contribution is 5.91. The number of hydrogen-bond acceptors (Lipinski definition) is 8. The zero-order valence-corrected chi connectivity index (χ0v) is 27.0. The Balaban J connectivity index is 0.000000441. The number of Topliss-reactive ketones (excluding diaryl/α,β-unsaturated/α-hetero) is 1. The van der Waals surface area contributed by atoms with E-state index in [0.29, 0.717) is 38.5 Å². The fraction of sp³-hybridized carbons (Fsp3) is 0.788. The lowest BCUT2D eigenvalue weighted by Crippen LogP contribution is -2.62. The Morgan fingerprint density at radius 1 is 0.841 bits per heavy atom. The molecule has 3 fully saturated rings. The van der Waals surface area contributed by atoms with Crippen molar-refractivity contribution < 1.29 is 54.6 Å². The summed E-state index contributed by atoms with van der Waals surface area (Å²) in [4.78, 5) is 53.1. The first-order chi connectivity index (χ1) is 20.5. The summed E-state index contributed by atoms with van der Waals surface area (Å²) < 4.78 is 0. The quantitative estimate of drug-likeness (QED) is 0.223. The zero-order valence-electron chi connectivity index (χ0n) is 27.0. The molecule has 44 heavy (non-hydrogen) atoms. The Morgan fingerprint density at radius 2 is 1.34 bits per heavy atom. The minimum Gasteiger partial charge on any atom is -0.481 e. The van der Waals surface area contributed by atoms with Crippen LogP contribution in [-0.4, -0.2) is 78.4 Å². The summed E-state index contributed by atoms with van der Waals surface area (Å²) in [5, 5.41) is 55.5. The number of allylic oxidation sites excluding steroid dienone is 1. The van der Waals surface area contributed by atoms with E-state index in [1.807, 2.05) is 27.7 Å². The largest absolute Gasteiger partial charge is 0.481 e. The Morgan fingerprint density at radius 3 is 1.75 bits per heavy atom. The summed E-state index contributed by atoms with van der Waals surface area (Å²) >= 11 is 0. The highest BCUT2D eigenvalue weighted by Crippen LogP contribution is 2.67. The Labute approximate surface area is 260 Å². The van der Waals surface area contributed by atoms with Gasteiger partial charge in [-0.2, -0.15) is 0 Å². The van der Waals surface area contributed by atoms with E-state index >= 15 is 0 Å². The van der Waals surface area contributed by atoms with E-state index in [2.05, 4.69) is 6.92 Å². The van der Waals surface area contributed by atoms with Crippen molar-refractivity contribution in [2.45, 2.75) is 130 Å². The van der Waals surface area contributed by atoms with Crippen LogP contribution in [0.2, 0.25) is 0 Å². The molecule has 4 aliphatic rings. The standard InChI is InChI=1S/C21H30O5.3C4H8O2/c1-19-7-5-13(23)9-12(19)3-4-14-15-6-8-21(26,17(25)11-22)20(15,2)10-16(24)18(14)19;3*1-2-3-4(5)6/h9,14-16,18,22,24,26H,3-8,10-11H2,1-2H3;3*2-3H2,1H3,(H,5,6)/t14-,15-,16-,18+,19-,20-,21-;;;/m0.../s1. The lowest BCUT2D eigenvalue weighted by molar-refractivity contribution is -0.182. The number of hydrogen-bond donors (Lipinski definition) is 6. The van der Waals surface area contributed by atoms with Crippen molar-refractivity contribution >= 4 is 29.5 Å². The topological polar surface area (TPSA) is 207 Å². The second-order valence-corrected chi connectivity index (χ2v) is 13.0. The second kappa shape index (κ2) is 17.2. The van der Waals surface area contributed by atoms with Gasteiger partial charge in [0.05, 0.1) is 6.10 Å². The van der Waals surface area contributed by atoms with E-state index in [1.165, 1.54) is 5.57 Å². The molecule has 0 aromatic carbocycles. The van der Waals surface area contributed by atoms with Crippen molar-refractivity contribution in [3.63, 3.8) is 0 Å². The molecule has 6 N–H and O–H groups in total. The predicted molar refractivity (Wildman–Crippen MR) is 163 cm³/mol. The average Bonchev–Trinajstić information content (AvgIpc) is 3.20. The van der Waals surface area contributed by atoms with Crippen molar-refractivity contribution in [3.05, 3.63) is 11.6 Å². The van der Waals surface area contributed by atoms with Crippen LogP contribution in [0.15, 0.2) is 11.6 Å². The molecule has 0 aliphatic heterocycles. The van der Waals surface area contributed by atoms with E-state index in [1.54, 1.807) is 6.08 Å². The van der Waals surface area contributed by atoms with Gasteiger partial charge in [-0.15, -0.1) is 0 Å². The van der Waals surface area contributed by atoms with E-state index in [9.17, 15) is 39.3 Å². The molecule has 0 amide bonds. The summed E-state index contributed by atoms with van der Waals surface area (Å²) in [6.07, 6.45) is 8.80. The van der Waals surface area contributed by atoms with Gasteiger partial charge in [0.25, 0.3) is 0 Å². The highest BCUT2D eigenvalue weighted by atomic mass is 16.4. The molecule has 0 aromatic rings. The minimum atomic E-state index is -1.54.